The minimum absolute atomic E-state index is 0.0264. The van der Waals surface area contributed by atoms with Gasteiger partial charge in [0.2, 0.25) is 0 Å². The highest BCUT2D eigenvalue weighted by molar-refractivity contribution is 6.62. The van der Waals surface area contributed by atoms with Crippen molar-refractivity contribution < 1.29 is 24.7 Å². The molecule has 0 spiro atoms. The van der Waals surface area contributed by atoms with E-state index in [-0.39, 0.29) is 46.0 Å². The van der Waals surface area contributed by atoms with E-state index in [1.807, 2.05) is 88.4 Å². The lowest BCUT2D eigenvalue weighted by atomic mass is 9.79. The van der Waals surface area contributed by atoms with Crippen LogP contribution in [0.25, 0.3) is 60.6 Å². The van der Waals surface area contributed by atoms with Gasteiger partial charge in [-0.2, -0.15) is 0 Å². The molecule has 1 fully saturated rings. The molecular formula is C36H30BNO3. The Hall–Kier alpha value is -4.32. The number of aromatic nitrogens is 1. The summed E-state index contributed by atoms with van der Waals surface area (Å²) in [6.07, 6.45) is 0. The van der Waals surface area contributed by atoms with Crippen molar-refractivity contribution in [3.05, 3.63) is 109 Å². The fraction of sp³-hybridized carbons (Fsp3) is 0.167. The maximum absolute atomic E-state index is 8.97. The number of para-hydroxylation sites is 2. The second kappa shape index (κ2) is 8.59. The number of furan rings is 1. The van der Waals surface area contributed by atoms with E-state index in [4.69, 9.17) is 24.7 Å². The maximum Gasteiger partial charge on any atom is 0.494 e. The van der Waals surface area contributed by atoms with Gasteiger partial charge in [0, 0.05) is 32.8 Å². The molecule has 1 aliphatic rings. The average Bonchev–Trinajstić information content (AvgIpc) is 3.70. The van der Waals surface area contributed by atoms with E-state index in [1.165, 1.54) is 4.57 Å². The van der Waals surface area contributed by atoms with Gasteiger partial charge in [0.05, 0.1) is 33.2 Å². The van der Waals surface area contributed by atoms with Gasteiger partial charge >= 0.3 is 7.12 Å². The van der Waals surface area contributed by atoms with Crippen LogP contribution in [0.4, 0.5) is 0 Å². The van der Waals surface area contributed by atoms with E-state index in [9.17, 15) is 0 Å². The van der Waals surface area contributed by atoms with Crippen molar-refractivity contribution in [2.45, 2.75) is 38.9 Å². The molecule has 41 heavy (non-hydrogen) atoms. The van der Waals surface area contributed by atoms with E-state index in [1.54, 1.807) is 0 Å². The third-order valence-electron chi connectivity index (χ3n) is 8.48. The van der Waals surface area contributed by atoms with Crippen molar-refractivity contribution in [3.8, 4) is 16.8 Å². The van der Waals surface area contributed by atoms with Crippen LogP contribution in [0.1, 0.15) is 38.7 Å². The molecule has 0 saturated carbocycles. The van der Waals surface area contributed by atoms with Gasteiger partial charge in [-0.1, -0.05) is 78.7 Å². The summed E-state index contributed by atoms with van der Waals surface area (Å²) >= 11 is 0. The molecule has 4 nitrogen and oxygen atoms in total. The zero-order valence-electron chi connectivity index (χ0n) is 31.0. The Morgan fingerprint density at radius 1 is 0.683 bits per heavy atom. The highest BCUT2D eigenvalue weighted by Gasteiger charge is 2.51. The molecule has 0 bridgehead atoms. The molecule has 7 aromatic rings. The summed E-state index contributed by atoms with van der Waals surface area (Å²) in [5, 5.41) is 1.54. The molecule has 5 aromatic carbocycles. The van der Waals surface area contributed by atoms with Gasteiger partial charge in [-0.15, -0.1) is 0 Å². The van der Waals surface area contributed by atoms with E-state index >= 15 is 0 Å². The molecule has 3 heterocycles. The molecule has 8 rings (SSSR count). The SMILES string of the molecule is [2H]c1c([2H])c([2H])c2c(c1[2H])c1c([2H])c([2H])c([2H])c([2H])c1n2-c1cc(-c2ccccc2)c2oc3cc(B4OC(C)(C)C(C)(C)O4)ccc3c2c1. The first-order valence-electron chi connectivity index (χ1n) is 17.6. The standard InChI is InChI=1S/C36H30BNO3/c1-35(2)36(3,4)41-37(40-35)24-18-19-28-30-22-25(21-29(23-12-6-5-7-13-23)34(30)39-33(28)20-24)38-31-16-10-8-14-26(31)27-15-9-11-17-32(27)38/h5-22H,1-4H3/i8D,9D,10D,11D,14D,15D,16D,17D. The van der Waals surface area contributed by atoms with Gasteiger partial charge < -0.3 is 18.3 Å². The number of benzene rings is 5. The average molecular weight is 544 g/mol. The van der Waals surface area contributed by atoms with Gasteiger partial charge in [-0.3, -0.25) is 0 Å². The van der Waals surface area contributed by atoms with Crippen LogP contribution in [0.2, 0.25) is 0 Å². The van der Waals surface area contributed by atoms with Crippen LogP contribution in [0.3, 0.4) is 0 Å². The first-order valence-corrected chi connectivity index (χ1v) is 13.6. The highest BCUT2D eigenvalue weighted by atomic mass is 16.7. The van der Waals surface area contributed by atoms with Gasteiger partial charge in [-0.05, 0) is 69.0 Å². The van der Waals surface area contributed by atoms with Crippen LogP contribution < -0.4 is 5.46 Å². The summed E-state index contributed by atoms with van der Waals surface area (Å²) in [4.78, 5) is 0. The molecule has 1 saturated heterocycles. The van der Waals surface area contributed by atoms with Crippen molar-refractivity contribution in [2.24, 2.45) is 0 Å². The molecule has 2 aromatic heterocycles. The monoisotopic (exact) mass is 543 g/mol. The van der Waals surface area contributed by atoms with Gasteiger partial charge in [0.15, 0.2) is 0 Å². The van der Waals surface area contributed by atoms with Crippen LogP contribution in [0.5, 0.6) is 0 Å². The van der Waals surface area contributed by atoms with Gasteiger partial charge in [-0.25, -0.2) is 0 Å². The zero-order valence-corrected chi connectivity index (χ0v) is 23.0. The van der Waals surface area contributed by atoms with Crippen molar-refractivity contribution in [2.75, 3.05) is 0 Å². The summed E-state index contributed by atoms with van der Waals surface area (Å²) in [7, 11) is -0.601. The Morgan fingerprint density at radius 2 is 1.32 bits per heavy atom. The summed E-state index contributed by atoms with van der Waals surface area (Å²) in [6, 6.07) is 15.7. The smallest absolute Gasteiger partial charge is 0.455 e. The molecule has 0 N–H and O–H groups in total. The van der Waals surface area contributed by atoms with Crippen molar-refractivity contribution in [1.29, 1.82) is 0 Å². The van der Waals surface area contributed by atoms with Crippen LogP contribution in [0, 0.1) is 0 Å². The topological polar surface area (TPSA) is 36.5 Å². The largest absolute Gasteiger partial charge is 0.494 e. The second-order valence-electron chi connectivity index (χ2n) is 11.5. The first-order chi connectivity index (χ1) is 23.1. The maximum atomic E-state index is 8.97. The number of nitrogens with zero attached hydrogens (tertiary/aromatic N) is 1. The molecule has 5 heteroatoms. The number of hydrogen-bond donors (Lipinski definition) is 0. The van der Waals surface area contributed by atoms with Gasteiger partial charge in [0.1, 0.15) is 11.2 Å². The Labute approximate surface area is 250 Å². The fourth-order valence-electron chi connectivity index (χ4n) is 5.65. The minimum atomic E-state index is -0.601. The number of hydrogen-bond acceptors (Lipinski definition) is 3. The molecule has 200 valence electrons. The lowest BCUT2D eigenvalue weighted by Crippen LogP contribution is -2.41. The van der Waals surface area contributed by atoms with E-state index in [0.717, 1.165) is 16.4 Å². The Morgan fingerprint density at radius 3 is 1.98 bits per heavy atom. The molecule has 1 aliphatic heterocycles. The zero-order chi connectivity index (χ0) is 34.9. The molecule has 0 unspecified atom stereocenters. The summed E-state index contributed by atoms with van der Waals surface area (Å²) in [6.45, 7) is 7.98. The third-order valence-corrected chi connectivity index (χ3v) is 8.48. The minimum Gasteiger partial charge on any atom is -0.455 e. The number of rotatable bonds is 3. The van der Waals surface area contributed by atoms with E-state index in [2.05, 4.69) is 0 Å². The molecule has 0 aliphatic carbocycles. The fourth-order valence-corrected chi connectivity index (χ4v) is 5.65. The summed E-state index contributed by atoms with van der Waals surface area (Å²) in [5.74, 6) is 0. The molecule has 0 amide bonds. The Balaban J connectivity index is 1.48. The van der Waals surface area contributed by atoms with Crippen molar-refractivity contribution >= 4 is 56.3 Å². The Bertz CT molecular complexity index is 2470. The number of fused-ring (bicyclic) bond motifs is 6. The van der Waals surface area contributed by atoms with Crippen molar-refractivity contribution in [3.63, 3.8) is 0 Å². The lowest BCUT2D eigenvalue weighted by molar-refractivity contribution is 0.00578. The third kappa shape index (κ3) is 3.63. The molecular weight excluding hydrogens is 505 g/mol. The summed E-state index contributed by atoms with van der Waals surface area (Å²) < 4.78 is 90.1. The van der Waals surface area contributed by atoms with Crippen molar-refractivity contribution in [1.82, 2.24) is 4.57 Å². The van der Waals surface area contributed by atoms with E-state index in [0.29, 0.717) is 27.8 Å². The Kier molecular flexibility index (Phi) is 3.66. The lowest BCUT2D eigenvalue weighted by Gasteiger charge is -2.32. The summed E-state index contributed by atoms with van der Waals surface area (Å²) in [5.41, 5.74) is 2.99. The van der Waals surface area contributed by atoms with Crippen LogP contribution in [-0.4, -0.2) is 22.9 Å². The van der Waals surface area contributed by atoms with Crippen LogP contribution >= 0.6 is 0 Å². The quantitative estimate of drug-likeness (QED) is 0.209. The predicted molar refractivity (Wildman–Crippen MR) is 169 cm³/mol. The van der Waals surface area contributed by atoms with Crippen LogP contribution in [-0.2, 0) is 9.31 Å². The van der Waals surface area contributed by atoms with E-state index < -0.39 is 42.5 Å². The second-order valence-corrected chi connectivity index (χ2v) is 11.5. The predicted octanol–water partition coefficient (Wildman–Crippen LogP) is 8.65. The van der Waals surface area contributed by atoms with Gasteiger partial charge in [0.25, 0.3) is 0 Å². The molecule has 0 atom stereocenters. The normalized spacial score (nSPS) is 19.2. The molecule has 0 radical (unpaired) electrons. The first kappa shape index (κ1) is 17.5. The highest BCUT2D eigenvalue weighted by Crippen LogP contribution is 2.41. The van der Waals surface area contributed by atoms with Crippen LogP contribution in [0.15, 0.2) is 113 Å².